The van der Waals surface area contributed by atoms with Crippen LogP contribution >= 0.6 is 0 Å². The van der Waals surface area contributed by atoms with E-state index < -0.39 is 9.84 Å². The van der Waals surface area contributed by atoms with E-state index in [4.69, 9.17) is 4.74 Å². The van der Waals surface area contributed by atoms with Gasteiger partial charge in [0.2, 0.25) is 0 Å². The second kappa shape index (κ2) is 5.99. The van der Waals surface area contributed by atoms with Gasteiger partial charge in [-0.1, -0.05) is 18.2 Å². The average molecular weight is 309 g/mol. The maximum Gasteiger partial charge on any atom is 0.308 e. The highest BCUT2D eigenvalue weighted by atomic mass is 32.2. The molecular weight excluding hydrogens is 290 g/mol. The molecule has 5 nitrogen and oxygen atoms in total. The molecule has 21 heavy (non-hydrogen) atoms. The molecule has 1 heterocycles. The van der Waals surface area contributed by atoms with E-state index in [9.17, 15) is 13.2 Å². The first kappa shape index (κ1) is 15.7. The Bertz CT molecular complexity index is 669. The number of carbonyl (C=O) groups is 1. The van der Waals surface area contributed by atoms with E-state index in [2.05, 4.69) is 5.32 Å². The summed E-state index contributed by atoms with van der Waals surface area (Å²) in [6, 6.07) is 3.72. The van der Waals surface area contributed by atoms with Gasteiger partial charge >= 0.3 is 5.97 Å². The van der Waals surface area contributed by atoms with Gasteiger partial charge in [0.15, 0.2) is 9.84 Å². The highest BCUT2D eigenvalue weighted by molar-refractivity contribution is 7.94. The van der Waals surface area contributed by atoms with E-state index in [-0.39, 0.29) is 17.8 Å². The molecule has 1 aliphatic rings. The van der Waals surface area contributed by atoms with Crippen molar-refractivity contribution < 1.29 is 17.9 Å². The summed E-state index contributed by atoms with van der Waals surface area (Å²) in [6.45, 7) is 5.71. The Morgan fingerprint density at radius 3 is 2.43 bits per heavy atom. The van der Waals surface area contributed by atoms with E-state index >= 15 is 0 Å². The molecular formula is C15H19NO4S. The number of esters is 1. The largest absolute Gasteiger partial charge is 0.426 e. The lowest BCUT2D eigenvalue weighted by Crippen LogP contribution is -2.29. The fourth-order valence-corrected chi connectivity index (χ4v) is 3.67. The van der Waals surface area contributed by atoms with Gasteiger partial charge < -0.3 is 10.1 Å². The molecule has 0 bridgehead atoms. The van der Waals surface area contributed by atoms with Crippen LogP contribution in [0.15, 0.2) is 23.6 Å². The molecule has 6 heteroatoms. The lowest BCUT2D eigenvalue weighted by Gasteiger charge is -2.14. The summed E-state index contributed by atoms with van der Waals surface area (Å²) in [4.78, 5) is 11.1. The molecule has 114 valence electrons. The first-order valence-electron chi connectivity index (χ1n) is 6.70. The third-order valence-electron chi connectivity index (χ3n) is 3.26. The van der Waals surface area contributed by atoms with Crippen LogP contribution in [-0.4, -0.2) is 26.2 Å². The van der Waals surface area contributed by atoms with Crippen LogP contribution in [0.3, 0.4) is 0 Å². The van der Waals surface area contributed by atoms with E-state index in [0.717, 1.165) is 16.7 Å². The van der Waals surface area contributed by atoms with Crippen molar-refractivity contribution in [3.05, 3.63) is 40.3 Å². The molecule has 0 saturated heterocycles. The smallest absolute Gasteiger partial charge is 0.308 e. The maximum atomic E-state index is 11.3. The predicted octanol–water partition coefficient (Wildman–Crippen LogP) is 1.63. The summed E-state index contributed by atoms with van der Waals surface area (Å²) >= 11 is 0. The standard InChI is InChI=1S/C15H19NO4S/c1-10-6-13(7-11(2)15(10)20-12(3)17)8-16-14-4-5-21(18,19)9-14/h4-7,14,16H,8-9H2,1-3H3/t14-/m0/s1. The number of aryl methyl sites for hydroxylation is 2. The molecule has 1 N–H and O–H groups in total. The second-order valence-corrected chi connectivity index (χ2v) is 7.23. The van der Waals surface area contributed by atoms with Gasteiger partial charge in [-0.25, -0.2) is 8.42 Å². The minimum atomic E-state index is -3.04. The fourth-order valence-electron chi connectivity index (χ4n) is 2.40. The summed E-state index contributed by atoms with van der Waals surface area (Å²) in [7, 11) is -3.04. The monoisotopic (exact) mass is 309 g/mol. The van der Waals surface area contributed by atoms with E-state index in [1.807, 2.05) is 26.0 Å². The van der Waals surface area contributed by atoms with Crippen LogP contribution in [-0.2, 0) is 21.2 Å². The van der Waals surface area contributed by atoms with Crippen LogP contribution in [0.2, 0.25) is 0 Å². The number of benzene rings is 1. The zero-order valence-corrected chi connectivity index (χ0v) is 13.2. The summed E-state index contributed by atoms with van der Waals surface area (Å²) < 4.78 is 27.9. The molecule has 0 aliphatic carbocycles. The summed E-state index contributed by atoms with van der Waals surface area (Å²) in [5, 5.41) is 4.45. The van der Waals surface area contributed by atoms with Crippen LogP contribution in [0, 0.1) is 13.8 Å². The van der Waals surface area contributed by atoms with Crippen molar-refractivity contribution in [3.63, 3.8) is 0 Å². The van der Waals surface area contributed by atoms with Gasteiger partial charge in [-0.2, -0.15) is 0 Å². The Balaban J connectivity index is 2.05. The quantitative estimate of drug-likeness (QED) is 0.676. The molecule has 0 aromatic heterocycles. The fraction of sp³-hybridized carbons (Fsp3) is 0.400. The molecule has 0 unspecified atom stereocenters. The van der Waals surface area contributed by atoms with Crippen molar-refractivity contribution in [2.45, 2.75) is 33.4 Å². The number of hydrogen-bond acceptors (Lipinski definition) is 5. The van der Waals surface area contributed by atoms with Crippen molar-refractivity contribution in [3.8, 4) is 5.75 Å². The maximum absolute atomic E-state index is 11.3. The van der Waals surface area contributed by atoms with Crippen molar-refractivity contribution in [1.82, 2.24) is 5.32 Å². The SMILES string of the molecule is CC(=O)Oc1c(C)cc(CN[C@H]2C=CS(=O)(=O)C2)cc1C. The first-order chi connectivity index (χ1) is 9.77. The minimum absolute atomic E-state index is 0.108. The molecule has 1 atom stereocenters. The number of carbonyl (C=O) groups excluding carboxylic acids is 1. The Kier molecular flexibility index (Phi) is 4.49. The summed E-state index contributed by atoms with van der Waals surface area (Å²) in [5.41, 5.74) is 2.80. The van der Waals surface area contributed by atoms with Crippen LogP contribution in [0.5, 0.6) is 5.75 Å². The molecule has 0 amide bonds. The second-order valence-electron chi connectivity index (χ2n) is 5.30. The molecule has 1 aromatic rings. The number of sulfone groups is 1. The molecule has 0 saturated carbocycles. The number of hydrogen-bond donors (Lipinski definition) is 1. The van der Waals surface area contributed by atoms with Gasteiger partial charge in [-0.3, -0.25) is 4.79 Å². The Hall–Kier alpha value is -1.66. The van der Waals surface area contributed by atoms with Crippen LogP contribution in [0.1, 0.15) is 23.6 Å². The molecule has 1 aliphatic heterocycles. The topological polar surface area (TPSA) is 72.5 Å². The van der Waals surface area contributed by atoms with Gasteiger partial charge in [0.1, 0.15) is 5.75 Å². The van der Waals surface area contributed by atoms with Gasteiger partial charge in [-0.15, -0.1) is 0 Å². The van der Waals surface area contributed by atoms with Crippen LogP contribution in [0.4, 0.5) is 0 Å². The first-order valence-corrected chi connectivity index (χ1v) is 8.41. The molecule has 0 spiro atoms. The van der Waals surface area contributed by atoms with Gasteiger partial charge in [0.25, 0.3) is 0 Å². The zero-order valence-electron chi connectivity index (χ0n) is 12.3. The van der Waals surface area contributed by atoms with Crippen molar-refractivity contribution >= 4 is 15.8 Å². The van der Waals surface area contributed by atoms with E-state index in [0.29, 0.717) is 12.3 Å². The number of ether oxygens (including phenoxy) is 1. The van der Waals surface area contributed by atoms with Crippen LogP contribution in [0.25, 0.3) is 0 Å². The van der Waals surface area contributed by atoms with Gasteiger partial charge in [0, 0.05) is 24.9 Å². The van der Waals surface area contributed by atoms with E-state index in [1.54, 1.807) is 6.08 Å². The highest BCUT2D eigenvalue weighted by Crippen LogP contribution is 2.25. The van der Waals surface area contributed by atoms with Gasteiger partial charge in [-0.05, 0) is 30.5 Å². The average Bonchev–Trinajstić information content (AvgIpc) is 2.71. The van der Waals surface area contributed by atoms with Crippen molar-refractivity contribution in [2.24, 2.45) is 0 Å². The third kappa shape index (κ3) is 4.15. The lowest BCUT2D eigenvalue weighted by molar-refractivity contribution is -0.131. The number of nitrogens with one attached hydrogen (secondary N) is 1. The molecule has 2 rings (SSSR count). The van der Waals surface area contributed by atoms with Gasteiger partial charge in [0.05, 0.1) is 5.75 Å². The van der Waals surface area contributed by atoms with Crippen molar-refractivity contribution in [1.29, 1.82) is 0 Å². The summed E-state index contributed by atoms with van der Waals surface area (Å²) in [6.07, 6.45) is 1.67. The lowest BCUT2D eigenvalue weighted by atomic mass is 10.1. The Morgan fingerprint density at radius 2 is 1.95 bits per heavy atom. The highest BCUT2D eigenvalue weighted by Gasteiger charge is 2.21. The predicted molar refractivity (Wildman–Crippen MR) is 80.8 cm³/mol. The Labute approximate surface area is 124 Å². The number of rotatable bonds is 4. The third-order valence-corrected chi connectivity index (χ3v) is 4.66. The van der Waals surface area contributed by atoms with Crippen molar-refractivity contribution in [2.75, 3.05) is 5.75 Å². The summed E-state index contributed by atoms with van der Waals surface area (Å²) in [5.74, 6) is 0.360. The van der Waals surface area contributed by atoms with Crippen LogP contribution < -0.4 is 10.1 Å². The Morgan fingerprint density at radius 1 is 1.33 bits per heavy atom. The molecule has 0 radical (unpaired) electrons. The normalized spacial score (nSPS) is 19.7. The minimum Gasteiger partial charge on any atom is -0.426 e. The molecule has 0 fully saturated rings. The zero-order chi connectivity index (χ0) is 15.6. The van der Waals surface area contributed by atoms with E-state index in [1.165, 1.54) is 12.3 Å². The molecule has 1 aromatic carbocycles.